The van der Waals surface area contributed by atoms with Crippen molar-refractivity contribution in [3.63, 3.8) is 0 Å². The standard InChI is InChI=1S/C12H14N2O2/c1-16-12(15)9-4-5-14-11(6-9)10(7-13)8-2-3-8/h4-8H,2-3,13H2,1H3. The first kappa shape index (κ1) is 10.7. The van der Waals surface area contributed by atoms with Gasteiger partial charge in [0, 0.05) is 6.20 Å². The van der Waals surface area contributed by atoms with E-state index in [1.165, 1.54) is 7.11 Å². The van der Waals surface area contributed by atoms with Gasteiger partial charge in [0.1, 0.15) is 0 Å². The third-order valence-electron chi connectivity index (χ3n) is 2.67. The summed E-state index contributed by atoms with van der Waals surface area (Å²) < 4.78 is 4.66. The molecule has 1 aromatic heterocycles. The van der Waals surface area contributed by atoms with Gasteiger partial charge in [-0.05, 0) is 42.7 Å². The third kappa shape index (κ3) is 2.05. The molecule has 0 aromatic carbocycles. The van der Waals surface area contributed by atoms with E-state index in [9.17, 15) is 4.79 Å². The van der Waals surface area contributed by atoms with Crippen LogP contribution in [0.5, 0.6) is 0 Å². The number of carbonyl (C=O) groups excluding carboxylic acids is 1. The second-order valence-corrected chi connectivity index (χ2v) is 3.82. The first-order valence-electron chi connectivity index (χ1n) is 5.22. The van der Waals surface area contributed by atoms with Crippen LogP contribution in [0.25, 0.3) is 5.57 Å². The van der Waals surface area contributed by atoms with E-state index in [0.29, 0.717) is 11.5 Å². The summed E-state index contributed by atoms with van der Waals surface area (Å²) in [5.74, 6) is 0.154. The zero-order valence-corrected chi connectivity index (χ0v) is 9.14. The van der Waals surface area contributed by atoms with E-state index < -0.39 is 0 Å². The fraction of sp³-hybridized carbons (Fsp3) is 0.333. The van der Waals surface area contributed by atoms with E-state index in [2.05, 4.69) is 9.72 Å². The molecule has 1 fully saturated rings. The van der Waals surface area contributed by atoms with Crippen molar-refractivity contribution >= 4 is 11.5 Å². The van der Waals surface area contributed by atoms with Gasteiger partial charge in [0.2, 0.25) is 0 Å². The maximum absolute atomic E-state index is 11.4. The van der Waals surface area contributed by atoms with Crippen molar-refractivity contribution < 1.29 is 9.53 Å². The van der Waals surface area contributed by atoms with Crippen LogP contribution < -0.4 is 5.73 Å². The Kier molecular flexibility index (Phi) is 2.90. The quantitative estimate of drug-likeness (QED) is 0.782. The van der Waals surface area contributed by atoms with Crippen LogP contribution in [0.1, 0.15) is 28.9 Å². The van der Waals surface area contributed by atoms with Crippen LogP contribution in [0.2, 0.25) is 0 Å². The van der Waals surface area contributed by atoms with E-state index in [4.69, 9.17) is 5.73 Å². The molecule has 0 atom stereocenters. The number of nitrogens with two attached hydrogens (primary N) is 1. The van der Waals surface area contributed by atoms with E-state index >= 15 is 0 Å². The highest BCUT2D eigenvalue weighted by Crippen LogP contribution is 2.40. The molecule has 0 unspecified atom stereocenters. The maximum atomic E-state index is 11.4. The highest BCUT2D eigenvalue weighted by atomic mass is 16.5. The summed E-state index contributed by atoms with van der Waals surface area (Å²) in [6, 6.07) is 3.36. The van der Waals surface area contributed by atoms with Crippen LogP contribution in [0.4, 0.5) is 0 Å². The molecule has 0 bridgehead atoms. The molecule has 2 N–H and O–H groups in total. The summed E-state index contributed by atoms with van der Waals surface area (Å²) in [4.78, 5) is 15.6. The summed E-state index contributed by atoms with van der Waals surface area (Å²) in [5.41, 5.74) is 7.88. The van der Waals surface area contributed by atoms with Crippen LogP contribution in [0, 0.1) is 5.92 Å². The lowest BCUT2D eigenvalue weighted by molar-refractivity contribution is 0.0600. The van der Waals surface area contributed by atoms with E-state index in [-0.39, 0.29) is 5.97 Å². The predicted molar refractivity (Wildman–Crippen MR) is 60.5 cm³/mol. The number of rotatable bonds is 3. The molecular weight excluding hydrogens is 204 g/mol. The molecule has 84 valence electrons. The van der Waals surface area contributed by atoms with Crippen LogP contribution in [-0.2, 0) is 4.74 Å². The zero-order valence-electron chi connectivity index (χ0n) is 9.14. The van der Waals surface area contributed by atoms with Crippen LogP contribution in [0.3, 0.4) is 0 Å². The number of ether oxygens (including phenoxy) is 1. The Balaban J connectivity index is 2.31. The predicted octanol–water partition coefficient (Wildman–Crippen LogP) is 1.58. The van der Waals surface area contributed by atoms with Gasteiger partial charge in [0.15, 0.2) is 0 Å². The molecule has 1 heterocycles. The van der Waals surface area contributed by atoms with Crippen molar-refractivity contribution in [1.29, 1.82) is 0 Å². The normalized spacial score (nSPS) is 15.9. The lowest BCUT2D eigenvalue weighted by Gasteiger charge is -2.05. The van der Waals surface area contributed by atoms with E-state index in [0.717, 1.165) is 24.1 Å². The van der Waals surface area contributed by atoms with E-state index in [1.54, 1.807) is 24.5 Å². The maximum Gasteiger partial charge on any atom is 0.337 e. The molecule has 1 aliphatic rings. The monoisotopic (exact) mass is 218 g/mol. The van der Waals surface area contributed by atoms with Crippen LogP contribution in [-0.4, -0.2) is 18.1 Å². The number of hydrogen-bond donors (Lipinski definition) is 1. The molecule has 0 saturated heterocycles. The van der Waals surface area contributed by atoms with Gasteiger partial charge in [-0.25, -0.2) is 4.79 Å². The number of hydrogen-bond acceptors (Lipinski definition) is 4. The fourth-order valence-electron chi connectivity index (χ4n) is 1.66. The molecular formula is C12H14N2O2. The van der Waals surface area contributed by atoms with Gasteiger partial charge < -0.3 is 10.5 Å². The number of nitrogens with zero attached hydrogens (tertiary/aromatic N) is 1. The van der Waals surface area contributed by atoms with Crippen LogP contribution in [0.15, 0.2) is 24.5 Å². The first-order valence-corrected chi connectivity index (χ1v) is 5.22. The molecule has 16 heavy (non-hydrogen) atoms. The van der Waals surface area contributed by atoms with E-state index in [1.807, 2.05) is 0 Å². The van der Waals surface area contributed by atoms with Crippen molar-refractivity contribution in [2.75, 3.05) is 7.11 Å². The van der Waals surface area contributed by atoms with Crippen LogP contribution >= 0.6 is 0 Å². The smallest absolute Gasteiger partial charge is 0.337 e. The fourth-order valence-corrected chi connectivity index (χ4v) is 1.66. The Morgan fingerprint density at radius 2 is 2.38 bits per heavy atom. The second-order valence-electron chi connectivity index (χ2n) is 3.82. The summed E-state index contributed by atoms with van der Waals surface area (Å²) >= 11 is 0. The van der Waals surface area contributed by atoms with Crippen molar-refractivity contribution in [3.05, 3.63) is 35.8 Å². The number of esters is 1. The first-order chi connectivity index (χ1) is 7.76. The molecule has 0 spiro atoms. The minimum absolute atomic E-state index is 0.351. The summed E-state index contributed by atoms with van der Waals surface area (Å²) in [6.07, 6.45) is 5.48. The molecule has 1 saturated carbocycles. The van der Waals surface area contributed by atoms with Gasteiger partial charge in [0.05, 0.1) is 18.4 Å². The third-order valence-corrected chi connectivity index (χ3v) is 2.67. The van der Waals surface area contributed by atoms with Gasteiger partial charge >= 0.3 is 5.97 Å². The van der Waals surface area contributed by atoms with Gasteiger partial charge in [-0.3, -0.25) is 4.98 Å². The second kappa shape index (κ2) is 4.35. The topological polar surface area (TPSA) is 65.2 Å². The Morgan fingerprint density at radius 1 is 1.62 bits per heavy atom. The SMILES string of the molecule is COC(=O)c1ccnc(C(=CN)C2CC2)c1. The lowest BCUT2D eigenvalue weighted by Crippen LogP contribution is -2.03. The average molecular weight is 218 g/mol. The molecule has 2 rings (SSSR count). The average Bonchev–Trinajstić information content (AvgIpc) is 3.14. The van der Waals surface area contributed by atoms with Gasteiger partial charge in [-0.2, -0.15) is 0 Å². The molecule has 0 radical (unpaired) electrons. The summed E-state index contributed by atoms with van der Waals surface area (Å²) in [7, 11) is 1.36. The lowest BCUT2D eigenvalue weighted by atomic mass is 10.1. The number of pyridine rings is 1. The molecule has 4 heteroatoms. The minimum atomic E-state index is -0.351. The number of allylic oxidation sites excluding steroid dienone is 1. The highest BCUT2D eigenvalue weighted by Gasteiger charge is 2.27. The summed E-state index contributed by atoms with van der Waals surface area (Å²) in [5, 5.41) is 0. The minimum Gasteiger partial charge on any atom is -0.465 e. The molecule has 1 aromatic rings. The molecule has 1 aliphatic carbocycles. The highest BCUT2D eigenvalue weighted by molar-refractivity contribution is 5.90. The Hall–Kier alpha value is -1.84. The number of methoxy groups -OCH3 is 1. The Bertz CT molecular complexity index is 436. The molecule has 0 amide bonds. The van der Waals surface area contributed by atoms with Crippen molar-refractivity contribution in [1.82, 2.24) is 4.98 Å². The van der Waals surface area contributed by atoms with Gasteiger partial charge in [-0.1, -0.05) is 0 Å². The Morgan fingerprint density at radius 3 is 2.94 bits per heavy atom. The van der Waals surface area contributed by atoms with Gasteiger partial charge in [0.25, 0.3) is 0 Å². The van der Waals surface area contributed by atoms with Gasteiger partial charge in [-0.15, -0.1) is 0 Å². The zero-order chi connectivity index (χ0) is 11.5. The molecule has 0 aliphatic heterocycles. The number of carbonyl (C=O) groups is 1. The van der Waals surface area contributed by atoms with Crippen molar-refractivity contribution in [3.8, 4) is 0 Å². The van der Waals surface area contributed by atoms with Crippen molar-refractivity contribution in [2.24, 2.45) is 11.7 Å². The Labute approximate surface area is 94.1 Å². The summed E-state index contributed by atoms with van der Waals surface area (Å²) in [6.45, 7) is 0. The van der Waals surface area contributed by atoms with Crippen molar-refractivity contribution in [2.45, 2.75) is 12.8 Å². The largest absolute Gasteiger partial charge is 0.465 e. The number of aromatic nitrogens is 1. The molecule has 4 nitrogen and oxygen atoms in total.